The first-order valence-corrected chi connectivity index (χ1v) is 9.69. The van der Waals surface area contributed by atoms with E-state index in [0.717, 1.165) is 0 Å². The summed E-state index contributed by atoms with van der Waals surface area (Å²) in [6.45, 7) is 4.86. The highest BCUT2D eigenvalue weighted by Crippen LogP contribution is 2.50. The van der Waals surface area contributed by atoms with Crippen molar-refractivity contribution in [3.8, 4) is 17.1 Å². The van der Waals surface area contributed by atoms with Gasteiger partial charge in [-0.05, 0) is 36.4 Å². The van der Waals surface area contributed by atoms with Crippen LogP contribution >= 0.6 is 0 Å². The van der Waals surface area contributed by atoms with Crippen molar-refractivity contribution < 1.29 is 27.5 Å². The summed E-state index contributed by atoms with van der Waals surface area (Å²) in [6, 6.07) is 12.5. The summed E-state index contributed by atoms with van der Waals surface area (Å²) < 4.78 is 46.7. The summed E-state index contributed by atoms with van der Waals surface area (Å²) in [5.74, 6) is 0.473. The maximum atomic E-state index is 12.5. The largest absolute Gasteiger partial charge is 0.573 e. The van der Waals surface area contributed by atoms with Crippen LogP contribution in [0.1, 0.15) is 23.9 Å². The molecule has 1 aromatic heterocycles. The van der Waals surface area contributed by atoms with Crippen LogP contribution in [0.15, 0.2) is 53.1 Å². The molecule has 6 nitrogen and oxygen atoms in total. The Bertz CT molecular complexity index is 1080. The van der Waals surface area contributed by atoms with E-state index in [0.29, 0.717) is 41.5 Å². The van der Waals surface area contributed by atoms with Gasteiger partial charge in [0.2, 0.25) is 11.7 Å². The first-order valence-electron chi connectivity index (χ1n) is 9.69. The lowest BCUT2D eigenvalue weighted by Crippen LogP contribution is -2.63. The molecule has 4 rings (SSSR count). The quantitative estimate of drug-likeness (QED) is 0.653. The number of aryl methyl sites for hydroxylation is 1. The van der Waals surface area contributed by atoms with Crippen molar-refractivity contribution in [3.63, 3.8) is 0 Å². The van der Waals surface area contributed by atoms with Crippen LogP contribution in [0, 0.1) is 12.3 Å². The Balaban J connectivity index is 1.78. The molecule has 0 radical (unpaired) electrons. The lowest BCUT2D eigenvalue weighted by Gasteiger charge is -2.56. The number of aliphatic hydroxyl groups is 1. The molecule has 0 amide bonds. The van der Waals surface area contributed by atoms with Gasteiger partial charge in [-0.25, -0.2) is 0 Å². The molecule has 164 valence electrons. The molecule has 1 aliphatic rings. The van der Waals surface area contributed by atoms with E-state index in [1.165, 1.54) is 24.3 Å². The van der Waals surface area contributed by atoms with Crippen LogP contribution in [0.2, 0.25) is 0 Å². The number of likely N-dealkylation sites (tertiary alicyclic amines) is 1. The molecule has 0 bridgehead atoms. The van der Waals surface area contributed by atoms with Crippen LogP contribution in [-0.4, -0.2) is 46.6 Å². The molecule has 2 aromatic carbocycles. The van der Waals surface area contributed by atoms with Crippen molar-refractivity contribution >= 4 is 0 Å². The van der Waals surface area contributed by atoms with Gasteiger partial charge in [-0.2, -0.15) is 4.98 Å². The second kappa shape index (κ2) is 7.35. The van der Waals surface area contributed by atoms with Gasteiger partial charge in [-0.15, -0.1) is 13.2 Å². The Hall–Kier alpha value is -2.91. The Morgan fingerprint density at radius 1 is 1.10 bits per heavy atom. The summed E-state index contributed by atoms with van der Waals surface area (Å²) in [7, 11) is 1.95. The Morgan fingerprint density at radius 3 is 2.32 bits per heavy atom. The fraction of sp³-hybridized carbons (Fsp3) is 0.364. The van der Waals surface area contributed by atoms with Crippen LogP contribution < -0.4 is 4.74 Å². The first-order chi connectivity index (χ1) is 14.5. The number of rotatable bonds is 5. The van der Waals surface area contributed by atoms with Crippen LogP contribution in [0.4, 0.5) is 13.2 Å². The number of ether oxygens (including phenoxy) is 1. The fourth-order valence-corrected chi connectivity index (χ4v) is 4.44. The number of nitrogens with zero attached hydrogens (tertiary/aromatic N) is 3. The van der Waals surface area contributed by atoms with Crippen molar-refractivity contribution in [3.05, 3.63) is 65.5 Å². The van der Waals surface area contributed by atoms with Gasteiger partial charge >= 0.3 is 6.36 Å². The van der Waals surface area contributed by atoms with Gasteiger partial charge in [-0.1, -0.05) is 42.4 Å². The van der Waals surface area contributed by atoms with E-state index in [-0.39, 0.29) is 5.75 Å². The van der Waals surface area contributed by atoms with E-state index < -0.39 is 17.4 Å². The van der Waals surface area contributed by atoms with Crippen molar-refractivity contribution in [2.75, 3.05) is 20.1 Å². The van der Waals surface area contributed by atoms with Gasteiger partial charge in [-0.3, -0.25) is 0 Å². The highest BCUT2D eigenvalue weighted by atomic mass is 19.4. The number of alkyl halides is 3. The Labute approximate surface area is 177 Å². The second-order valence-corrected chi connectivity index (χ2v) is 8.23. The molecule has 3 aromatic rings. The molecule has 1 aliphatic heterocycles. The van der Waals surface area contributed by atoms with E-state index in [4.69, 9.17) is 4.52 Å². The number of hydrogen-bond acceptors (Lipinski definition) is 6. The van der Waals surface area contributed by atoms with Crippen molar-refractivity contribution in [2.45, 2.75) is 25.8 Å². The molecule has 31 heavy (non-hydrogen) atoms. The van der Waals surface area contributed by atoms with Gasteiger partial charge in [0.15, 0.2) is 0 Å². The minimum absolute atomic E-state index is 0.342. The zero-order valence-electron chi connectivity index (χ0n) is 17.3. The molecule has 1 N–H and O–H groups in total. The molecule has 1 fully saturated rings. The molecular formula is C22H22F3N3O3. The van der Waals surface area contributed by atoms with E-state index >= 15 is 0 Å². The molecule has 1 atom stereocenters. The van der Waals surface area contributed by atoms with E-state index in [1.54, 1.807) is 25.1 Å². The minimum atomic E-state index is -4.78. The average Bonchev–Trinajstić information content (AvgIpc) is 3.12. The molecule has 9 heteroatoms. The predicted molar refractivity (Wildman–Crippen MR) is 106 cm³/mol. The predicted octanol–water partition coefficient (Wildman–Crippen LogP) is 4.13. The topological polar surface area (TPSA) is 71.6 Å². The number of hydrogen-bond donors (Lipinski definition) is 1. The van der Waals surface area contributed by atoms with Crippen LogP contribution in [0.3, 0.4) is 0 Å². The lowest BCUT2D eigenvalue weighted by atomic mass is 9.62. The number of benzene rings is 2. The van der Waals surface area contributed by atoms with Gasteiger partial charge in [0.25, 0.3) is 0 Å². The molecule has 0 saturated carbocycles. The second-order valence-electron chi connectivity index (χ2n) is 8.23. The van der Waals surface area contributed by atoms with Gasteiger partial charge in [0.05, 0.1) is 0 Å². The standard InChI is InChI=1S/C22H22F3N3O3/c1-14-26-19(27-31-14)15-5-4-6-17(11-15)21(29,20(2)12-28(3)13-20)16-7-9-18(10-8-16)30-22(23,24)25/h4-11,29H,12-13H2,1-3H3/t21-/m0/s1. The third-order valence-electron chi connectivity index (χ3n) is 5.68. The maximum absolute atomic E-state index is 12.5. The number of aromatic nitrogens is 2. The van der Waals surface area contributed by atoms with Crippen LogP contribution in [0.5, 0.6) is 5.75 Å². The third-order valence-corrected chi connectivity index (χ3v) is 5.68. The summed E-state index contributed by atoms with van der Waals surface area (Å²) >= 11 is 0. The minimum Gasteiger partial charge on any atom is -0.406 e. The smallest absolute Gasteiger partial charge is 0.406 e. The van der Waals surface area contributed by atoms with E-state index in [9.17, 15) is 18.3 Å². The molecule has 2 heterocycles. The SMILES string of the molecule is Cc1nc(-c2cccc([C@@](O)(c3ccc(OC(F)(F)F)cc3)C3(C)CN(C)C3)c2)no1. The number of halogens is 3. The molecule has 0 spiro atoms. The first kappa shape index (κ1) is 21.3. The van der Waals surface area contributed by atoms with Crippen molar-refractivity contribution in [2.24, 2.45) is 5.41 Å². The fourth-order valence-electron chi connectivity index (χ4n) is 4.44. The molecule has 1 saturated heterocycles. The van der Waals surface area contributed by atoms with Gasteiger partial charge in [0.1, 0.15) is 11.4 Å². The monoisotopic (exact) mass is 433 g/mol. The summed E-state index contributed by atoms with van der Waals surface area (Å²) in [5.41, 5.74) is -0.307. The van der Waals surface area contributed by atoms with Crippen LogP contribution in [-0.2, 0) is 5.60 Å². The van der Waals surface area contributed by atoms with E-state index in [1.807, 2.05) is 20.0 Å². The highest BCUT2D eigenvalue weighted by molar-refractivity contribution is 5.57. The highest BCUT2D eigenvalue weighted by Gasteiger charge is 2.55. The lowest BCUT2D eigenvalue weighted by molar-refractivity contribution is -0.274. The van der Waals surface area contributed by atoms with Crippen molar-refractivity contribution in [1.29, 1.82) is 0 Å². The average molecular weight is 433 g/mol. The summed E-state index contributed by atoms with van der Waals surface area (Å²) in [6.07, 6.45) is -4.78. The Kier molecular flexibility index (Phi) is 5.06. The molecular weight excluding hydrogens is 411 g/mol. The normalized spacial score (nSPS) is 18.3. The van der Waals surface area contributed by atoms with Gasteiger partial charge < -0.3 is 19.3 Å². The summed E-state index contributed by atoms with van der Waals surface area (Å²) in [4.78, 5) is 6.31. The zero-order valence-corrected chi connectivity index (χ0v) is 17.3. The molecule has 0 aliphatic carbocycles. The van der Waals surface area contributed by atoms with E-state index in [2.05, 4.69) is 19.8 Å². The molecule has 0 unspecified atom stereocenters. The maximum Gasteiger partial charge on any atom is 0.573 e. The third kappa shape index (κ3) is 3.90. The zero-order chi connectivity index (χ0) is 22.4. The Morgan fingerprint density at radius 2 is 1.77 bits per heavy atom. The van der Waals surface area contributed by atoms with Crippen LogP contribution in [0.25, 0.3) is 11.4 Å². The van der Waals surface area contributed by atoms with Gasteiger partial charge in [0, 0.05) is 31.0 Å². The van der Waals surface area contributed by atoms with Crippen molar-refractivity contribution in [1.82, 2.24) is 15.0 Å². The summed E-state index contributed by atoms with van der Waals surface area (Å²) in [5, 5.41) is 16.0.